The number of rotatable bonds is 4. The molecule has 0 unspecified atom stereocenters. The quantitative estimate of drug-likeness (QED) is 0.774. The lowest BCUT2D eigenvalue weighted by atomic mass is 10.2. The van der Waals surface area contributed by atoms with Gasteiger partial charge in [0.1, 0.15) is 17.3 Å². The van der Waals surface area contributed by atoms with Crippen LogP contribution in [0.25, 0.3) is 0 Å². The lowest BCUT2D eigenvalue weighted by Gasteiger charge is -2.08. The lowest BCUT2D eigenvalue weighted by Crippen LogP contribution is -1.97. The summed E-state index contributed by atoms with van der Waals surface area (Å²) in [5.41, 5.74) is 1.00. The van der Waals surface area contributed by atoms with E-state index in [1.165, 1.54) is 6.07 Å². The van der Waals surface area contributed by atoms with Gasteiger partial charge in [-0.3, -0.25) is 0 Å². The largest absolute Gasteiger partial charge is 0.489 e. The standard InChI is InChI=1S/C13H10BrClO3S/c14-12-7-6-11(8-13(12)19(15,16)17)18-9-10-4-2-1-3-5-10/h1-8H,9H2. The second kappa shape index (κ2) is 5.94. The maximum atomic E-state index is 11.4. The normalized spacial score (nSPS) is 11.3. The number of halogens is 2. The molecule has 2 rings (SSSR count). The molecule has 2 aromatic rings. The van der Waals surface area contributed by atoms with Crippen molar-refractivity contribution in [2.75, 3.05) is 0 Å². The first-order valence-electron chi connectivity index (χ1n) is 5.38. The van der Waals surface area contributed by atoms with Crippen LogP contribution in [-0.2, 0) is 15.7 Å². The van der Waals surface area contributed by atoms with E-state index in [1.807, 2.05) is 30.3 Å². The third kappa shape index (κ3) is 3.96. The molecular weight excluding hydrogens is 352 g/mol. The van der Waals surface area contributed by atoms with Gasteiger partial charge in [0.2, 0.25) is 0 Å². The molecule has 0 aliphatic rings. The Labute approximate surface area is 124 Å². The van der Waals surface area contributed by atoms with Crippen molar-refractivity contribution < 1.29 is 13.2 Å². The zero-order chi connectivity index (χ0) is 13.9. The van der Waals surface area contributed by atoms with Gasteiger partial charge in [0, 0.05) is 21.2 Å². The molecular formula is C13H10BrClO3S. The third-order valence-electron chi connectivity index (χ3n) is 2.41. The van der Waals surface area contributed by atoms with E-state index in [4.69, 9.17) is 15.4 Å². The van der Waals surface area contributed by atoms with Crippen LogP contribution in [-0.4, -0.2) is 8.42 Å². The molecule has 0 atom stereocenters. The minimum absolute atomic E-state index is 0.000252. The molecule has 0 heterocycles. The predicted molar refractivity (Wildman–Crippen MR) is 78.0 cm³/mol. The lowest BCUT2D eigenvalue weighted by molar-refractivity contribution is 0.305. The highest BCUT2D eigenvalue weighted by atomic mass is 79.9. The maximum absolute atomic E-state index is 11.4. The molecule has 6 heteroatoms. The molecule has 0 saturated heterocycles. The molecule has 2 aromatic carbocycles. The van der Waals surface area contributed by atoms with Gasteiger partial charge >= 0.3 is 0 Å². The van der Waals surface area contributed by atoms with Crippen LogP contribution in [0.2, 0.25) is 0 Å². The first kappa shape index (κ1) is 14.4. The van der Waals surface area contributed by atoms with Crippen molar-refractivity contribution in [3.63, 3.8) is 0 Å². The molecule has 0 spiro atoms. The minimum atomic E-state index is -3.79. The summed E-state index contributed by atoms with van der Waals surface area (Å²) in [5.74, 6) is 0.450. The fourth-order valence-electron chi connectivity index (χ4n) is 1.50. The van der Waals surface area contributed by atoms with Crippen LogP contribution < -0.4 is 4.74 Å². The van der Waals surface area contributed by atoms with E-state index >= 15 is 0 Å². The zero-order valence-corrected chi connectivity index (χ0v) is 12.9. The molecule has 0 aromatic heterocycles. The van der Waals surface area contributed by atoms with Gasteiger partial charge in [-0.05, 0) is 33.6 Å². The van der Waals surface area contributed by atoms with Crippen LogP contribution in [0.4, 0.5) is 0 Å². The van der Waals surface area contributed by atoms with Crippen molar-refractivity contribution in [2.24, 2.45) is 0 Å². The molecule has 3 nitrogen and oxygen atoms in total. The molecule has 0 amide bonds. The summed E-state index contributed by atoms with van der Waals surface area (Å²) in [6.07, 6.45) is 0. The Morgan fingerprint density at radius 1 is 1.11 bits per heavy atom. The average molecular weight is 362 g/mol. The maximum Gasteiger partial charge on any atom is 0.262 e. The highest BCUT2D eigenvalue weighted by molar-refractivity contribution is 9.10. The predicted octanol–water partition coefficient (Wildman–Crippen LogP) is 3.96. The summed E-state index contributed by atoms with van der Waals surface area (Å²) >= 11 is 3.14. The monoisotopic (exact) mass is 360 g/mol. The molecule has 19 heavy (non-hydrogen) atoms. The topological polar surface area (TPSA) is 43.4 Å². The van der Waals surface area contributed by atoms with E-state index in [9.17, 15) is 8.42 Å². The van der Waals surface area contributed by atoms with Gasteiger partial charge in [-0.15, -0.1) is 0 Å². The Bertz CT molecular complexity index is 672. The number of ether oxygens (including phenoxy) is 1. The van der Waals surface area contributed by atoms with Crippen LogP contribution in [0, 0.1) is 0 Å². The summed E-state index contributed by atoms with van der Waals surface area (Å²) in [6, 6.07) is 14.3. The van der Waals surface area contributed by atoms with Crippen molar-refractivity contribution in [1.29, 1.82) is 0 Å². The molecule has 0 N–H and O–H groups in total. The van der Waals surface area contributed by atoms with Gasteiger partial charge in [-0.25, -0.2) is 8.42 Å². The summed E-state index contributed by atoms with van der Waals surface area (Å²) in [4.78, 5) is -0.000252. The number of hydrogen-bond donors (Lipinski definition) is 0. The van der Waals surface area contributed by atoms with E-state index in [1.54, 1.807) is 12.1 Å². The number of benzene rings is 2. The third-order valence-corrected chi connectivity index (χ3v) is 4.73. The molecule has 100 valence electrons. The van der Waals surface area contributed by atoms with E-state index in [2.05, 4.69) is 15.9 Å². The van der Waals surface area contributed by atoms with Crippen LogP contribution in [0.15, 0.2) is 57.9 Å². The fraction of sp³-hybridized carbons (Fsp3) is 0.0769. The Hall–Kier alpha value is -1.04. The Kier molecular flexibility index (Phi) is 4.50. The first-order valence-corrected chi connectivity index (χ1v) is 8.48. The van der Waals surface area contributed by atoms with Crippen LogP contribution in [0.3, 0.4) is 0 Å². The van der Waals surface area contributed by atoms with Gasteiger partial charge in [0.05, 0.1) is 0 Å². The highest BCUT2D eigenvalue weighted by Crippen LogP contribution is 2.29. The molecule has 0 aliphatic heterocycles. The van der Waals surface area contributed by atoms with Crippen molar-refractivity contribution in [2.45, 2.75) is 11.5 Å². The van der Waals surface area contributed by atoms with Gasteiger partial charge in [0.25, 0.3) is 9.05 Å². The van der Waals surface area contributed by atoms with Gasteiger partial charge in [-0.1, -0.05) is 30.3 Å². The van der Waals surface area contributed by atoms with Gasteiger partial charge in [-0.2, -0.15) is 0 Å². The number of hydrogen-bond acceptors (Lipinski definition) is 3. The Balaban J connectivity index is 2.18. The Morgan fingerprint density at radius 2 is 1.79 bits per heavy atom. The molecule has 0 fully saturated rings. The van der Waals surface area contributed by atoms with E-state index in [0.29, 0.717) is 16.8 Å². The summed E-state index contributed by atoms with van der Waals surface area (Å²) in [5, 5.41) is 0. The van der Waals surface area contributed by atoms with E-state index in [0.717, 1.165) is 5.56 Å². The smallest absolute Gasteiger partial charge is 0.262 e. The second-order valence-corrected chi connectivity index (χ2v) is 7.19. The average Bonchev–Trinajstić information content (AvgIpc) is 2.37. The van der Waals surface area contributed by atoms with Crippen molar-refractivity contribution in [3.05, 3.63) is 58.6 Å². The van der Waals surface area contributed by atoms with Crippen molar-refractivity contribution in [3.8, 4) is 5.75 Å². The van der Waals surface area contributed by atoms with E-state index < -0.39 is 9.05 Å². The van der Waals surface area contributed by atoms with Crippen LogP contribution >= 0.6 is 26.6 Å². The first-order chi connectivity index (χ1) is 8.97. The molecule has 0 radical (unpaired) electrons. The zero-order valence-electron chi connectivity index (χ0n) is 9.71. The highest BCUT2D eigenvalue weighted by Gasteiger charge is 2.15. The van der Waals surface area contributed by atoms with Crippen LogP contribution in [0.1, 0.15) is 5.56 Å². The van der Waals surface area contributed by atoms with E-state index in [-0.39, 0.29) is 4.90 Å². The summed E-state index contributed by atoms with van der Waals surface area (Å²) in [7, 11) is 1.55. The molecule has 0 aliphatic carbocycles. The van der Waals surface area contributed by atoms with Crippen molar-refractivity contribution in [1.82, 2.24) is 0 Å². The van der Waals surface area contributed by atoms with Crippen molar-refractivity contribution >= 4 is 35.7 Å². The summed E-state index contributed by atoms with van der Waals surface area (Å²) < 4.78 is 28.7. The molecule has 0 bridgehead atoms. The second-order valence-electron chi connectivity index (χ2n) is 3.80. The SMILES string of the molecule is O=S(=O)(Cl)c1cc(OCc2ccccc2)ccc1Br. The fourth-order valence-corrected chi connectivity index (χ4v) is 3.61. The van der Waals surface area contributed by atoms with Gasteiger partial charge < -0.3 is 4.74 Å². The van der Waals surface area contributed by atoms with Gasteiger partial charge in [0.15, 0.2) is 0 Å². The minimum Gasteiger partial charge on any atom is -0.489 e. The van der Waals surface area contributed by atoms with Crippen LogP contribution in [0.5, 0.6) is 5.75 Å². The summed E-state index contributed by atoms with van der Waals surface area (Å²) in [6.45, 7) is 0.365. The Morgan fingerprint density at radius 3 is 2.42 bits per heavy atom. The molecule has 0 saturated carbocycles.